The van der Waals surface area contributed by atoms with Crippen LogP contribution in [0.1, 0.15) is 81.2 Å². The Morgan fingerprint density at radius 1 is 0.968 bits per heavy atom. The molecular weight excluding hydrogens is 392 g/mol. The van der Waals surface area contributed by atoms with Gasteiger partial charge in [-0.05, 0) is 44.1 Å². The highest BCUT2D eigenvalue weighted by Gasteiger charge is 2.33. The lowest BCUT2D eigenvalue weighted by Gasteiger charge is -2.33. The van der Waals surface area contributed by atoms with Crippen LogP contribution in [0.3, 0.4) is 0 Å². The third-order valence-electron chi connectivity index (χ3n) is 6.53. The van der Waals surface area contributed by atoms with Gasteiger partial charge in [-0.2, -0.15) is 0 Å². The molecule has 2 amide bonds. The van der Waals surface area contributed by atoms with Crippen molar-refractivity contribution in [3.8, 4) is 0 Å². The number of rotatable bonds is 6. The van der Waals surface area contributed by atoms with Crippen LogP contribution in [0.25, 0.3) is 0 Å². The summed E-state index contributed by atoms with van der Waals surface area (Å²) in [6.45, 7) is 4.12. The molecule has 2 fully saturated rings. The zero-order valence-corrected chi connectivity index (χ0v) is 18.3. The maximum atomic E-state index is 13.0. The van der Waals surface area contributed by atoms with Crippen LogP contribution in [0.5, 0.6) is 0 Å². The fraction of sp³-hybridized carbons (Fsp3) is 0.583. The van der Waals surface area contributed by atoms with Crippen LogP contribution in [0.4, 0.5) is 0 Å². The molecule has 0 saturated carbocycles. The van der Waals surface area contributed by atoms with Crippen LogP contribution in [0.15, 0.2) is 34.7 Å². The van der Waals surface area contributed by atoms with Crippen LogP contribution >= 0.6 is 0 Å². The van der Waals surface area contributed by atoms with Crippen LogP contribution in [0, 0.1) is 0 Å². The second-order valence-electron chi connectivity index (χ2n) is 8.57. The van der Waals surface area contributed by atoms with E-state index >= 15 is 0 Å². The molecule has 3 heterocycles. The molecule has 1 aromatic heterocycles. The van der Waals surface area contributed by atoms with Gasteiger partial charge in [0.05, 0.1) is 0 Å². The van der Waals surface area contributed by atoms with E-state index in [-0.39, 0.29) is 23.8 Å². The first-order valence-corrected chi connectivity index (χ1v) is 11.6. The molecule has 0 radical (unpaired) electrons. The van der Waals surface area contributed by atoms with Crippen molar-refractivity contribution in [2.45, 2.75) is 70.3 Å². The highest BCUT2D eigenvalue weighted by Crippen LogP contribution is 2.34. The summed E-state index contributed by atoms with van der Waals surface area (Å²) in [4.78, 5) is 28.7. The summed E-state index contributed by atoms with van der Waals surface area (Å²) >= 11 is 0. The van der Waals surface area contributed by atoms with Crippen molar-refractivity contribution in [1.82, 2.24) is 20.0 Å². The van der Waals surface area contributed by atoms with Gasteiger partial charge in [-0.15, -0.1) is 10.2 Å². The number of piperidine rings is 2. The number of nitrogens with zero attached hydrogens (tertiary/aromatic N) is 4. The maximum Gasteiger partial charge on any atom is 0.238 e. The number of aromatic nitrogens is 2. The number of hydrogen-bond acceptors (Lipinski definition) is 5. The minimum absolute atomic E-state index is 0.125. The summed E-state index contributed by atoms with van der Waals surface area (Å²) in [5.74, 6) is 1.76. The normalized spacial score (nSPS) is 20.1. The molecular formula is C24H32N4O3. The first-order valence-electron chi connectivity index (χ1n) is 11.6. The van der Waals surface area contributed by atoms with Gasteiger partial charge in [0.25, 0.3) is 0 Å². The third kappa shape index (κ3) is 5.14. The van der Waals surface area contributed by atoms with Crippen molar-refractivity contribution in [3.05, 3.63) is 47.7 Å². The molecule has 7 nitrogen and oxygen atoms in total. The second kappa shape index (κ2) is 10.1. The van der Waals surface area contributed by atoms with E-state index in [1.54, 1.807) is 0 Å². The number of carbonyl (C=O) groups is 2. The van der Waals surface area contributed by atoms with Crippen molar-refractivity contribution < 1.29 is 14.0 Å². The SMILES string of the molecule is CCC(=O)N1CCC(c2nnc([C@H]3CCCCN3C(=O)CCc3ccccc3)o2)CC1. The molecule has 2 aliphatic rings. The summed E-state index contributed by atoms with van der Waals surface area (Å²) in [6, 6.07) is 10.00. The average Bonchev–Trinajstić information content (AvgIpc) is 3.33. The third-order valence-corrected chi connectivity index (χ3v) is 6.53. The highest BCUT2D eigenvalue weighted by molar-refractivity contribution is 5.77. The molecule has 4 rings (SSSR count). The Hall–Kier alpha value is -2.70. The van der Waals surface area contributed by atoms with E-state index in [0.717, 1.165) is 58.2 Å². The van der Waals surface area contributed by atoms with Crippen molar-refractivity contribution >= 4 is 11.8 Å². The quantitative estimate of drug-likeness (QED) is 0.703. The summed E-state index contributed by atoms with van der Waals surface area (Å²) in [6.07, 6.45) is 6.40. The van der Waals surface area contributed by atoms with E-state index in [1.807, 2.05) is 34.9 Å². The predicted octanol–water partition coefficient (Wildman–Crippen LogP) is 3.87. The number of amides is 2. The fourth-order valence-corrected chi connectivity index (χ4v) is 4.67. The Labute approximate surface area is 183 Å². The molecule has 2 aromatic rings. The lowest BCUT2D eigenvalue weighted by Crippen LogP contribution is -2.38. The van der Waals surface area contributed by atoms with E-state index in [0.29, 0.717) is 24.6 Å². The van der Waals surface area contributed by atoms with Crippen LogP contribution < -0.4 is 0 Å². The van der Waals surface area contributed by atoms with Crippen molar-refractivity contribution in [2.75, 3.05) is 19.6 Å². The summed E-state index contributed by atoms with van der Waals surface area (Å²) in [5.41, 5.74) is 1.18. The Bertz CT molecular complexity index is 874. The number of aryl methyl sites for hydroxylation is 1. The van der Waals surface area contributed by atoms with Crippen LogP contribution in [-0.4, -0.2) is 51.4 Å². The van der Waals surface area contributed by atoms with Gasteiger partial charge in [-0.25, -0.2) is 0 Å². The largest absolute Gasteiger partial charge is 0.423 e. The van der Waals surface area contributed by atoms with E-state index in [4.69, 9.17) is 4.42 Å². The topological polar surface area (TPSA) is 79.5 Å². The standard InChI is InChI=1S/C24H32N4O3/c1-2-21(29)27-16-13-19(14-17-27)23-25-26-24(31-23)20-10-6-7-15-28(20)22(30)12-11-18-8-4-3-5-9-18/h3-5,8-9,19-20H,2,6-7,10-17H2,1H3/t20-/m1/s1. The number of hydrogen-bond donors (Lipinski definition) is 0. The molecule has 2 saturated heterocycles. The van der Waals surface area contributed by atoms with Crippen LogP contribution in [-0.2, 0) is 16.0 Å². The monoisotopic (exact) mass is 424 g/mol. The lowest BCUT2D eigenvalue weighted by molar-refractivity contribution is -0.135. The zero-order valence-electron chi connectivity index (χ0n) is 18.3. The minimum atomic E-state index is -0.125. The minimum Gasteiger partial charge on any atom is -0.423 e. The zero-order chi connectivity index (χ0) is 21.6. The van der Waals surface area contributed by atoms with E-state index in [9.17, 15) is 9.59 Å². The fourth-order valence-electron chi connectivity index (χ4n) is 4.67. The molecule has 2 aliphatic heterocycles. The number of carbonyl (C=O) groups excluding carboxylic acids is 2. The Kier molecular flexibility index (Phi) is 6.99. The molecule has 7 heteroatoms. The van der Waals surface area contributed by atoms with Gasteiger partial charge in [0.2, 0.25) is 23.6 Å². The van der Waals surface area contributed by atoms with Crippen molar-refractivity contribution in [3.63, 3.8) is 0 Å². The van der Waals surface area contributed by atoms with E-state index < -0.39 is 0 Å². The first-order chi connectivity index (χ1) is 15.2. The molecule has 0 aliphatic carbocycles. The van der Waals surface area contributed by atoms with E-state index in [1.165, 1.54) is 5.56 Å². The van der Waals surface area contributed by atoms with Gasteiger partial charge in [0.1, 0.15) is 6.04 Å². The van der Waals surface area contributed by atoms with Gasteiger partial charge in [0, 0.05) is 38.4 Å². The Morgan fingerprint density at radius 3 is 2.45 bits per heavy atom. The number of likely N-dealkylation sites (tertiary alicyclic amines) is 2. The molecule has 1 aromatic carbocycles. The lowest BCUT2D eigenvalue weighted by atomic mass is 9.96. The van der Waals surface area contributed by atoms with Gasteiger partial charge in [-0.3, -0.25) is 9.59 Å². The number of benzene rings is 1. The Balaban J connectivity index is 1.38. The molecule has 1 atom stereocenters. The summed E-state index contributed by atoms with van der Waals surface area (Å²) in [5, 5.41) is 8.68. The van der Waals surface area contributed by atoms with Gasteiger partial charge < -0.3 is 14.2 Å². The average molecular weight is 425 g/mol. The molecule has 31 heavy (non-hydrogen) atoms. The van der Waals surface area contributed by atoms with Crippen molar-refractivity contribution in [2.24, 2.45) is 0 Å². The van der Waals surface area contributed by atoms with E-state index in [2.05, 4.69) is 22.3 Å². The van der Waals surface area contributed by atoms with Crippen LogP contribution in [0.2, 0.25) is 0 Å². The predicted molar refractivity (Wildman–Crippen MR) is 116 cm³/mol. The summed E-state index contributed by atoms with van der Waals surface area (Å²) < 4.78 is 6.11. The molecule has 0 N–H and O–H groups in total. The summed E-state index contributed by atoms with van der Waals surface area (Å²) in [7, 11) is 0. The van der Waals surface area contributed by atoms with Gasteiger partial charge in [-0.1, -0.05) is 37.3 Å². The molecule has 166 valence electrons. The van der Waals surface area contributed by atoms with Gasteiger partial charge >= 0.3 is 0 Å². The Morgan fingerprint density at radius 2 is 1.71 bits per heavy atom. The second-order valence-corrected chi connectivity index (χ2v) is 8.57. The van der Waals surface area contributed by atoms with Gasteiger partial charge in [0.15, 0.2) is 0 Å². The highest BCUT2D eigenvalue weighted by atomic mass is 16.4. The smallest absolute Gasteiger partial charge is 0.238 e. The maximum absolute atomic E-state index is 13.0. The first kappa shape index (κ1) is 21.5. The molecule has 0 spiro atoms. The molecule has 0 unspecified atom stereocenters. The van der Waals surface area contributed by atoms with Crippen molar-refractivity contribution in [1.29, 1.82) is 0 Å². The molecule has 0 bridgehead atoms.